The van der Waals surface area contributed by atoms with E-state index in [0.717, 1.165) is 36.8 Å². The molecule has 2 rings (SSSR count). The standard InChI is InChI=1S/C21H30N2O4/c1-14-10-11-17(12-15(14)2)21(26)22-13-19(24)27-16(3)20(25)23-18-8-6-4-5-7-9-18/h10-12,16,18H,4-9,13H2,1-3H3,(H,22,26)(H,23,25)/t16-/m0/s1. The van der Waals surface area contributed by atoms with Crippen molar-refractivity contribution in [2.24, 2.45) is 0 Å². The Morgan fingerprint density at radius 3 is 2.37 bits per heavy atom. The number of benzene rings is 1. The fraction of sp³-hybridized carbons (Fsp3) is 0.571. The van der Waals surface area contributed by atoms with Gasteiger partial charge >= 0.3 is 5.97 Å². The zero-order chi connectivity index (χ0) is 19.8. The molecule has 6 nitrogen and oxygen atoms in total. The van der Waals surface area contributed by atoms with E-state index in [0.29, 0.717) is 5.56 Å². The molecule has 6 heteroatoms. The molecule has 1 atom stereocenters. The molecule has 1 saturated carbocycles. The normalized spacial score (nSPS) is 16.1. The molecular weight excluding hydrogens is 344 g/mol. The van der Waals surface area contributed by atoms with Crippen molar-refractivity contribution in [3.05, 3.63) is 34.9 Å². The molecule has 0 aromatic heterocycles. The van der Waals surface area contributed by atoms with Crippen molar-refractivity contribution in [1.82, 2.24) is 10.6 Å². The van der Waals surface area contributed by atoms with Gasteiger partial charge < -0.3 is 15.4 Å². The second-order valence-corrected chi connectivity index (χ2v) is 7.31. The van der Waals surface area contributed by atoms with Crippen molar-refractivity contribution in [3.63, 3.8) is 0 Å². The molecule has 0 unspecified atom stereocenters. The van der Waals surface area contributed by atoms with E-state index in [9.17, 15) is 14.4 Å². The second kappa shape index (κ2) is 10.1. The molecule has 1 aromatic rings. The molecule has 148 valence electrons. The second-order valence-electron chi connectivity index (χ2n) is 7.31. The Balaban J connectivity index is 1.75. The van der Waals surface area contributed by atoms with Gasteiger partial charge in [0.25, 0.3) is 11.8 Å². The highest BCUT2D eigenvalue weighted by Gasteiger charge is 2.22. The maximum atomic E-state index is 12.2. The van der Waals surface area contributed by atoms with Gasteiger partial charge in [-0.1, -0.05) is 31.7 Å². The monoisotopic (exact) mass is 374 g/mol. The number of ether oxygens (including phenoxy) is 1. The molecule has 0 bridgehead atoms. The molecule has 2 amide bonds. The van der Waals surface area contributed by atoms with Crippen LogP contribution in [0.2, 0.25) is 0 Å². The lowest BCUT2D eigenvalue weighted by molar-refractivity contribution is -0.154. The van der Waals surface area contributed by atoms with Crippen molar-refractivity contribution in [2.75, 3.05) is 6.54 Å². The Kier molecular flexibility index (Phi) is 7.82. The Morgan fingerprint density at radius 1 is 1.07 bits per heavy atom. The number of amides is 2. The average Bonchev–Trinajstić information content (AvgIpc) is 2.90. The number of rotatable bonds is 6. The smallest absolute Gasteiger partial charge is 0.326 e. The van der Waals surface area contributed by atoms with Crippen LogP contribution in [0.5, 0.6) is 0 Å². The van der Waals surface area contributed by atoms with Gasteiger partial charge in [0.05, 0.1) is 0 Å². The van der Waals surface area contributed by atoms with Gasteiger partial charge in [0.2, 0.25) is 0 Å². The fourth-order valence-corrected chi connectivity index (χ4v) is 3.17. The van der Waals surface area contributed by atoms with Gasteiger partial charge in [-0.3, -0.25) is 14.4 Å². The topological polar surface area (TPSA) is 84.5 Å². The molecule has 1 aliphatic rings. The van der Waals surface area contributed by atoms with E-state index in [4.69, 9.17) is 4.74 Å². The molecule has 1 aliphatic carbocycles. The number of nitrogens with one attached hydrogen (secondary N) is 2. The third-order valence-electron chi connectivity index (χ3n) is 5.04. The van der Waals surface area contributed by atoms with E-state index in [1.807, 2.05) is 19.9 Å². The van der Waals surface area contributed by atoms with Crippen molar-refractivity contribution >= 4 is 17.8 Å². The van der Waals surface area contributed by atoms with Crippen LogP contribution in [0.25, 0.3) is 0 Å². The Labute approximate surface area is 161 Å². The highest BCUT2D eigenvalue weighted by Crippen LogP contribution is 2.17. The van der Waals surface area contributed by atoms with Gasteiger partial charge in [-0.25, -0.2) is 0 Å². The van der Waals surface area contributed by atoms with Crippen LogP contribution in [0.1, 0.15) is 66.9 Å². The van der Waals surface area contributed by atoms with E-state index in [2.05, 4.69) is 10.6 Å². The predicted molar refractivity (Wildman–Crippen MR) is 103 cm³/mol. The first kappa shape index (κ1) is 20.9. The zero-order valence-electron chi connectivity index (χ0n) is 16.5. The van der Waals surface area contributed by atoms with E-state index in [1.54, 1.807) is 19.1 Å². The fourth-order valence-electron chi connectivity index (χ4n) is 3.17. The van der Waals surface area contributed by atoms with E-state index in [1.165, 1.54) is 12.8 Å². The largest absolute Gasteiger partial charge is 0.451 e. The van der Waals surface area contributed by atoms with Crippen LogP contribution in [0.4, 0.5) is 0 Å². The third kappa shape index (κ3) is 6.70. The minimum atomic E-state index is -0.876. The molecule has 0 radical (unpaired) electrons. The number of aryl methyl sites for hydroxylation is 2. The summed E-state index contributed by atoms with van der Waals surface area (Å²) in [7, 11) is 0. The molecule has 2 N–H and O–H groups in total. The van der Waals surface area contributed by atoms with E-state index < -0.39 is 12.1 Å². The lowest BCUT2D eigenvalue weighted by Crippen LogP contribution is -2.43. The van der Waals surface area contributed by atoms with Crippen molar-refractivity contribution < 1.29 is 19.1 Å². The van der Waals surface area contributed by atoms with E-state index in [-0.39, 0.29) is 24.4 Å². The highest BCUT2D eigenvalue weighted by atomic mass is 16.5. The number of hydrogen-bond acceptors (Lipinski definition) is 4. The first-order chi connectivity index (χ1) is 12.9. The van der Waals surface area contributed by atoms with Crippen molar-refractivity contribution in [2.45, 2.75) is 71.4 Å². The summed E-state index contributed by atoms with van der Waals surface area (Å²) in [6, 6.07) is 5.51. The molecule has 0 heterocycles. The summed E-state index contributed by atoms with van der Waals surface area (Å²) < 4.78 is 5.15. The summed E-state index contributed by atoms with van der Waals surface area (Å²) in [5, 5.41) is 5.50. The summed E-state index contributed by atoms with van der Waals surface area (Å²) in [4.78, 5) is 36.3. The molecule has 27 heavy (non-hydrogen) atoms. The first-order valence-electron chi connectivity index (χ1n) is 9.72. The van der Waals surface area contributed by atoms with Crippen LogP contribution in [-0.4, -0.2) is 36.5 Å². The summed E-state index contributed by atoms with van der Waals surface area (Å²) >= 11 is 0. The third-order valence-corrected chi connectivity index (χ3v) is 5.04. The van der Waals surface area contributed by atoms with E-state index >= 15 is 0 Å². The summed E-state index contributed by atoms with van der Waals surface area (Å²) in [6.07, 6.45) is 5.71. The average molecular weight is 374 g/mol. The number of hydrogen-bond donors (Lipinski definition) is 2. The van der Waals surface area contributed by atoms with Gasteiger partial charge in [0.15, 0.2) is 6.10 Å². The first-order valence-corrected chi connectivity index (χ1v) is 9.72. The van der Waals surface area contributed by atoms with Crippen LogP contribution in [-0.2, 0) is 14.3 Å². The number of carbonyl (C=O) groups excluding carboxylic acids is 3. The van der Waals surface area contributed by atoms with Crippen molar-refractivity contribution in [1.29, 1.82) is 0 Å². The molecule has 1 fully saturated rings. The van der Waals surface area contributed by atoms with Crippen LogP contribution in [0.15, 0.2) is 18.2 Å². The summed E-state index contributed by atoms with van der Waals surface area (Å²) in [5.74, 6) is -1.25. The Hall–Kier alpha value is -2.37. The molecule has 0 aliphatic heterocycles. The Morgan fingerprint density at radius 2 is 1.74 bits per heavy atom. The maximum Gasteiger partial charge on any atom is 0.326 e. The Bertz CT molecular complexity index is 679. The summed E-state index contributed by atoms with van der Waals surface area (Å²) in [6.45, 7) is 5.17. The lowest BCUT2D eigenvalue weighted by Gasteiger charge is -2.19. The number of esters is 1. The SMILES string of the molecule is Cc1ccc(C(=O)NCC(=O)O[C@@H](C)C(=O)NC2CCCCCC2)cc1C. The molecule has 0 saturated heterocycles. The van der Waals surface area contributed by atoms with Gasteiger partial charge in [-0.2, -0.15) is 0 Å². The van der Waals surface area contributed by atoms with Gasteiger partial charge in [-0.05, 0) is 56.9 Å². The highest BCUT2D eigenvalue weighted by molar-refractivity contribution is 5.96. The zero-order valence-corrected chi connectivity index (χ0v) is 16.5. The van der Waals surface area contributed by atoms with Crippen molar-refractivity contribution in [3.8, 4) is 0 Å². The number of carbonyl (C=O) groups is 3. The quantitative estimate of drug-likeness (QED) is 0.592. The molecular formula is C21H30N2O4. The molecule has 0 spiro atoms. The minimum Gasteiger partial charge on any atom is -0.451 e. The van der Waals surface area contributed by atoms with Crippen LogP contribution < -0.4 is 10.6 Å². The maximum absolute atomic E-state index is 12.2. The lowest BCUT2D eigenvalue weighted by atomic mass is 10.1. The summed E-state index contributed by atoms with van der Waals surface area (Å²) in [5.41, 5.74) is 2.60. The predicted octanol–water partition coefficient (Wildman–Crippen LogP) is 2.80. The van der Waals surface area contributed by atoms with Gasteiger partial charge in [-0.15, -0.1) is 0 Å². The van der Waals surface area contributed by atoms with Crippen LogP contribution >= 0.6 is 0 Å². The van der Waals surface area contributed by atoms with Gasteiger partial charge in [0.1, 0.15) is 6.54 Å². The minimum absolute atomic E-state index is 0.158. The van der Waals surface area contributed by atoms with Crippen LogP contribution in [0, 0.1) is 13.8 Å². The molecule has 1 aromatic carbocycles. The van der Waals surface area contributed by atoms with Gasteiger partial charge in [0, 0.05) is 11.6 Å². The van der Waals surface area contributed by atoms with Crippen LogP contribution in [0.3, 0.4) is 0 Å².